The average Bonchev–Trinajstić information content (AvgIpc) is 3.22. The molecule has 0 bridgehead atoms. The van der Waals surface area contributed by atoms with Crippen LogP contribution < -0.4 is 5.32 Å². The Bertz CT molecular complexity index is 1260. The average molecular weight is 431 g/mol. The van der Waals surface area contributed by atoms with Gasteiger partial charge in [0.05, 0.1) is 16.8 Å². The van der Waals surface area contributed by atoms with Crippen LogP contribution in [-0.2, 0) is 12.8 Å². The van der Waals surface area contributed by atoms with Crippen molar-refractivity contribution in [1.82, 2.24) is 4.98 Å². The van der Waals surface area contributed by atoms with Gasteiger partial charge in [-0.25, -0.2) is 0 Å². The van der Waals surface area contributed by atoms with Crippen molar-refractivity contribution in [3.8, 4) is 0 Å². The van der Waals surface area contributed by atoms with Gasteiger partial charge in [-0.2, -0.15) is 0 Å². The van der Waals surface area contributed by atoms with Gasteiger partial charge in [-0.1, -0.05) is 53.7 Å². The number of aryl methyl sites for hydroxylation is 1. The van der Waals surface area contributed by atoms with Crippen LogP contribution in [0.2, 0.25) is 5.02 Å². The second kappa shape index (κ2) is 8.13. The number of para-hydroxylation sites is 1. The van der Waals surface area contributed by atoms with Crippen LogP contribution in [-0.4, -0.2) is 10.9 Å². The maximum absolute atomic E-state index is 13.5. The summed E-state index contributed by atoms with van der Waals surface area (Å²) in [5, 5.41) is 4.58. The van der Waals surface area contributed by atoms with Gasteiger partial charge in [0, 0.05) is 25.9 Å². The molecule has 148 valence electrons. The predicted molar refractivity (Wildman–Crippen MR) is 124 cm³/mol. The summed E-state index contributed by atoms with van der Waals surface area (Å²) in [6.07, 6.45) is 2.80. The fraction of sp³-hybridized carbons (Fsp3) is 0.120. The van der Waals surface area contributed by atoms with E-state index in [0.717, 1.165) is 56.9 Å². The summed E-state index contributed by atoms with van der Waals surface area (Å²) in [4.78, 5) is 20.4. The number of benzene rings is 3. The van der Waals surface area contributed by atoms with E-state index in [4.69, 9.17) is 16.6 Å². The maximum atomic E-state index is 13.5. The van der Waals surface area contributed by atoms with Crippen LogP contribution in [0.3, 0.4) is 0 Å². The number of nitrogens with one attached hydrogen (secondary N) is 1. The number of anilines is 1. The first-order valence-electron chi connectivity index (χ1n) is 9.93. The third kappa shape index (κ3) is 3.69. The molecule has 0 saturated heterocycles. The zero-order valence-electron chi connectivity index (χ0n) is 16.2. The highest BCUT2D eigenvalue weighted by Gasteiger charge is 2.24. The van der Waals surface area contributed by atoms with Crippen molar-refractivity contribution in [2.45, 2.75) is 29.1 Å². The minimum Gasteiger partial charge on any atom is -0.321 e. The van der Waals surface area contributed by atoms with Gasteiger partial charge in [0.1, 0.15) is 0 Å². The molecule has 1 N–H and O–H groups in total. The second-order valence-corrected chi connectivity index (χ2v) is 8.84. The Kier molecular flexibility index (Phi) is 5.19. The lowest BCUT2D eigenvalue weighted by atomic mass is 10.0. The van der Waals surface area contributed by atoms with E-state index >= 15 is 0 Å². The number of amides is 1. The highest BCUT2D eigenvalue weighted by atomic mass is 35.5. The van der Waals surface area contributed by atoms with Crippen molar-refractivity contribution in [2.75, 3.05) is 5.32 Å². The summed E-state index contributed by atoms with van der Waals surface area (Å²) in [6, 6.07) is 23.6. The molecule has 4 aromatic rings. The fourth-order valence-corrected chi connectivity index (χ4v) is 5.05. The Morgan fingerprint density at radius 3 is 2.63 bits per heavy atom. The van der Waals surface area contributed by atoms with Crippen LogP contribution in [0.25, 0.3) is 10.9 Å². The number of hydrogen-bond acceptors (Lipinski definition) is 3. The normalized spacial score (nSPS) is 12.7. The Balaban J connectivity index is 1.54. The molecule has 5 rings (SSSR count). The van der Waals surface area contributed by atoms with Crippen molar-refractivity contribution in [2.24, 2.45) is 0 Å². The summed E-state index contributed by atoms with van der Waals surface area (Å²) < 4.78 is 0. The third-order valence-electron chi connectivity index (χ3n) is 5.31. The fourth-order valence-electron chi connectivity index (χ4n) is 3.95. The molecule has 0 fully saturated rings. The Morgan fingerprint density at radius 2 is 1.77 bits per heavy atom. The molecule has 1 amide bonds. The van der Waals surface area contributed by atoms with Gasteiger partial charge in [0.25, 0.3) is 5.91 Å². The highest BCUT2D eigenvalue weighted by molar-refractivity contribution is 7.99. The van der Waals surface area contributed by atoms with Gasteiger partial charge >= 0.3 is 0 Å². The number of carbonyl (C=O) groups is 1. The van der Waals surface area contributed by atoms with Gasteiger partial charge in [-0.3, -0.25) is 9.78 Å². The first-order chi connectivity index (χ1) is 14.7. The summed E-state index contributed by atoms with van der Waals surface area (Å²) in [5.74, 6) is -0.107. The summed E-state index contributed by atoms with van der Waals surface area (Å²) in [6.45, 7) is 0. The van der Waals surface area contributed by atoms with Gasteiger partial charge in [-0.15, -0.1) is 0 Å². The van der Waals surface area contributed by atoms with Crippen LogP contribution in [0.15, 0.2) is 82.6 Å². The number of hydrogen-bond donors (Lipinski definition) is 1. The highest BCUT2D eigenvalue weighted by Crippen LogP contribution is 2.35. The molecule has 1 aliphatic carbocycles. The number of nitrogens with zero attached hydrogens (tertiary/aromatic N) is 1. The molecule has 5 heteroatoms. The Morgan fingerprint density at radius 1 is 0.967 bits per heavy atom. The van der Waals surface area contributed by atoms with Crippen molar-refractivity contribution in [3.63, 3.8) is 0 Å². The first kappa shape index (κ1) is 19.2. The van der Waals surface area contributed by atoms with E-state index in [1.807, 2.05) is 60.7 Å². The molecular weight excluding hydrogens is 412 g/mol. The lowest BCUT2D eigenvalue weighted by Gasteiger charge is -2.15. The van der Waals surface area contributed by atoms with Crippen LogP contribution in [0.4, 0.5) is 5.69 Å². The number of carbonyl (C=O) groups excluding carboxylic acids is 1. The minimum absolute atomic E-state index is 0.107. The topological polar surface area (TPSA) is 42.0 Å². The smallest absolute Gasteiger partial charge is 0.256 e. The van der Waals surface area contributed by atoms with Crippen LogP contribution >= 0.6 is 23.4 Å². The molecule has 0 aliphatic heterocycles. The zero-order valence-corrected chi connectivity index (χ0v) is 17.8. The van der Waals surface area contributed by atoms with Crippen LogP contribution in [0.5, 0.6) is 0 Å². The van der Waals surface area contributed by atoms with E-state index < -0.39 is 0 Å². The van der Waals surface area contributed by atoms with E-state index in [-0.39, 0.29) is 5.91 Å². The SMILES string of the molecule is O=C(Nc1ccccc1Sc1ccccc1)c1c2c(nc3ccc(Cl)cc13)CCC2. The largest absolute Gasteiger partial charge is 0.321 e. The summed E-state index contributed by atoms with van der Waals surface area (Å²) in [7, 11) is 0. The predicted octanol–water partition coefficient (Wildman–Crippen LogP) is 6.78. The minimum atomic E-state index is -0.107. The monoisotopic (exact) mass is 430 g/mol. The molecule has 0 atom stereocenters. The molecule has 30 heavy (non-hydrogen) atoms. The van der Waals surface area contributed by atoms with Crippen LogP contribution in [0, 0.1) is 0 Å². The van der Waals surface area contributed by atoms with E-state index in [9.17, 15) is 4.79 Å². The molecule has 0 saturated carbocycles. The number of fused-ring (bicyclic) bond motifs is 2. The van der Waals surface area contributed by atoms with Gasteiger partial charge < -0.3 is 5.32 Å². The zero-order chi connectivity index (χ0) is 20.5. The van der Waals surface area contributed by atoms with E-state index in [1.165, 1.54) is 0 Å². The quantitative estimate of drug-likeness (QED) is 0.388. The second-order valence-electron chi connectivity index (χ2n) is 7.29. The van der Waals surface area contributed by atoms with Crippen molar-refractivity contribution >= 4 is 45.9 Å². The van der Waals surface area contributed by atoms with Crippen molar-refractivity contribution in [1.29, 1.82) is 0 Å². The molecular formula is C25H19ClN2OS. The van der Waals surface area contributed by atoms with E-state index in [2.05, 4.69) is 17.4 Å². The Labute approximate surface area is 184 Å². The molecule has 1 heterocycles. The molecule has 3 aromatic carbocycles. The number of rotatable bonds is 4. The molecule has 0 unspecified atom stereocenters. The lowest BCUT2D eigenvalue weighted by molar-refractivity contribution is 0.102. The van der Waals surface area contributed by atoms with E-state index in [0.29, 0.717) is 10.6 Å². The van der Waals surface area contributed by atoms with Crippen molar-refractivity contribution in [3.05, 3.63) is 94.6 Å². The van der Waals surface area contributed by atoms with Gasteiger partial charge in [0.2, 0.25) is 0 Å². The molecule has 3 nitrogen and oxygen atoms in total. The first-order valence-corrected chi connectivity index (χ1v) is 11.1. The lowest BCUT2D eigenvalue weighted by Crippen LogP contribution is -2.16. The Hall–Kier alpha value is -2.82. The molecule has 0 radical (unpaired) electrons. The summed E-state index contributed by atoms with van der Waals surface area (Å²) in [5.41, 5.74) is 4.40. The molecule has 1 aromatic heterocycles. The molecule has 1 aliphatic rings. The van der Waals surface area contributed by atoms with Gasteiger partial charge in [-0.05, 0) is 67.3 Å². The van der Waals surface area contributed by atoms with Crippen molar-refractivity contribution < 1.29 is 4.79 Å². The number of pyridine rings is 1. The maximum Gasteiger partial charge on any atom is 0.256 e. The van der Waals surface area contributed by atoms with E-state index in [1.54, 1.807) is 11.8 Å². The third-order valence-corrected chi connectivity index (χ3v) is 6.63. The van der Waals surface area contributed by atoms with Gasteiger partial charge in [0.15, 0.2) is 0 Å². The standard InChI is InChI=1S/C25H19ClN2OS/c26-16-13-14-21-19(15-16)24(18-9-6-11-20(18)27-21)25(29)28-22-10-4-5-12-23(22)30-17-7-2-1-3-8-17/h1-5,7-8,10,12-15H,6,9,11H2,(H,28,29). The molecule has 0 spiro atoms. The summed E-state index contributed by atoms with van der Waals surface area (Å²) >= 11 is 7.89. The van der Waals surface area contributed by atoms with Crippen LogP contribution in [0.1, 0.15) is 28.0 Å². The number of halogens is 1. The number of aromatic nitrogens is 1.